The van der Waals surface area contributed by atoms with Crippen molar-refractivity contribution >= 4 is 57.8 Å². The Morgan fingerprint density at radius 2 is 1.48 bits per heavy atom. The summed E-state index contributed by atoms with van der Waals surface area (Å²) < 4.78 is 13.1. The summed E-state index contributed by atoms with van der Waals surface area (Å²) in [6.45, 7) is 7.16. The van der Waals surface area contributed by atoms with Gasteiger partial charge in [0.15, 0.2) is 0 Å². The van der Waals surface area contributed by atoms with E-state index in [0.29, 0.717) is 92.4 Å². The van der Waals surface area contributed by atoms with E-state index in [1.165, 1.54) is 5.01 Å². The number of hydrazone groups is 1. The first-order valence-electron chi connectivity index (χ1n) is 13.9. The fourth-order valence-corrected chi connectivity index (χ4v) is 5.55. The first-order valence-corrected chi connectivity index (χ1v) is 14.3. The van der Waals surface area contributed by atoms with Crippen LogP contribution in [0.15, 0.2) is 65.4 Å². The van der Waals surface area contributed by atoms with Gasteiger partial charge in [0, 0.05) is 48.3 Å². The van der Waals surface area contributed by atoms with Gasteiger partial charge in [-0.25, -0.2) is 0 Å². The molecular formula is C30H29ClN8O3. The molecule has 0 aliphatic carbocycles. The number of ether oxygens (including phenoxy) is 2. The van der Waals surface area contributed by atoms with Gasteiger partial charge < -0.3 is 19.3 Å². The van der Waals surface area contributed by atoms with Crippen LogP contribution in [0.4, 0.5) is 17.6 Å². The molecule has 3 aliphatic heterocycles. The molecule has 0 saturated carbocycles. The minimum absolute atomic E-state index is 0.212. The van der Waals surface area contributed by atoms with Crippen molar-refractivity contribution in [3.63, 3.8) is 0 Å². The van der Waals surface area contributed by atoms with Crippen LogP contribution in [0.5, 0.6) is 0 Å². The molecule has 0 bridgehead atoms. The fourth-order valence-electron chi connectivity index (χ4n) is 5.37. The van der Waals surface area contributed by atoms with E-state index in [0.717, 1.165) is 16.5 Å². The van der Waals surface area contributed by atoms with Gasteiger partial charge in [-0.2, -0.15) is 25.1 Å². The monoisotopic (exact) mass is 584 g/mol. The minimum Gasteiger partial charge on any atom is -0.378 e. The van der Waals surface area contributed by atoms with Crippen LogP contribution in [0.3, 0.4) is 0 Å². The number of carbonyl (C=O) groups excluding carboxylic acids is 1. The lowest BCUT2D eigenvalue weighted by atomic mass is 10.1. The predicted octanol–water partition coefficient (Wildman–Crippen LogP) is 3.95. The molecule has 0 radical (unpaired) electrons. The Balaban J connectivity index is 1.31. The molecule has 2 fully saturated rings. The van der Waals surface area contributed by atoms with Crippen molar-refractivity contribution in [1.82, 2.24) is 19.5 Å². The zero-order chi connectivity index (χ0) is 28.6. The number of hydrogen-bond donors (Lipinski definition) is 0. The summed E-state index contributed by atoms with van der Waals surface area (Å²) in [5, 5.41) is 7.43. The first kappa shape index (κ1) is 26.6. The number of fused-ring (bicyclic) bond motifs is 1. The lowest BCUT2D eigenvalue weighted by Crippen LogP contribution is -2.40. The molecule has 12 heteroatoms. The molecule has 4 aromatic rings. The van der Waals surface area contributed by atoms with Crippen LogP contribution in [0.2, 0.25) is 5.02 Å². The van der Waals surface area contributed by atoms with Crippen molar-refractivity contribution in [3.05, 3.63) is 70.9 Å². The number of rotatable bonds is 5. The van der Waals surface area contributed by atoms with E-state index >= 15 is 0 Å². The molecule has 2 aromatic carbocycles. The van der Waals surface area contributed by atoms with Crippen molar-refractivity contribution in [2.24, 2.45) is 5.10 Å². The maximum atomic E-state index is 13.5. The van der Waals surface area contributed by atoms with Gasteiger partial charge in [0.2, 0.25) is 17.8 Å². The Bertz CT molecular complexity index is 1690. The van der Waals surface area contributed by atoms with Crippen molar-refractivity contribution in [3.8, 4) is 5.95 Å². The molecule has 5 heterocycles. The molecule has 214 valence electrons. The maximum Gasteiger partial charge on any atom is 0.280 e. The van der Waals surface area contributed by atoms with Gasteiger partial charge in [0.05, 0.1) is 48.9 Å². The highest BCUT2D eigenvalue weighted by Crippen LogP contribution is 2.31. The zero-order valence-electron chi connectivity index (χ0n) is 23.1. The second-order valence-electron chi connectivity index (χ2n) is 10.2. The van der Waals surface area contributed by atoms with Gasteiger partial charge in [-0.05, 0) is 37.3 Å². The van der Waals surface area contributed by atoms with E-state index in [1.54, 1.807) is 18.2 Å². The highest BCUT2D eigenvalue weighted by Gasteiger charge is 2.29. The van der Waals surface area contributed by atoms with Crippen LogP contribution >= 0.6 is 11.6 Å². The minimum atomic E-state index is -0.212. The number of amides is 1. The Labute approximate surface area is 247 Å². The Kier molecular flexibility index (Phi) is 7.06. The molecule has 2 aromatic heterocycles. The molecule has 0 N–H and O–H groups in total. The molecular weight excluding hydrogens is 556 g/mol. The Morgan fingerprint density at radius 1 is 0.833 bits per heavy atom. The van der Waals surface area contributed by atoms with Crippen molar-refractivity contribution in [1.29, 1.82) is 0 Å². The van der Waals surface area contributed by atoms with Gasteiger partial charge in [-0.1, -0.05) is 35.9 Å². The fraction of sp³-hybridized carbons (Fsp3) is 0.300. The quantitative estimate of drug-likeness (QED) is 0.325. The highest BCUT2D eigenvalue weighted by atomic mass is 35.5. The van der Waals surface area contributed by atoms with Crippen LogP contribution in [0, 0.1) is 0 Å². The Morgan fingerprint density at radius 3 is 2.14 bits per heavy atom. The number of hydrogen-bond acceptors (Lipinski definition) is 9. The number of morpholine rings is 2. The average molecular weight is 585 g/mol. The number of benzene rings is 2. The van der Waals surface area contributed by atoms with Crippen molar-refractivity contribution < 1.29 is 14.3 Å². The standard InChI is InChI=1S/C30H29ClN8O3/c1-20-25(27(40)39(35-20)23-6-4-5-22(31)18-23)17-21-19-38(26-8-3-2-7-24(21)26)30-33-28(36-9-13-41-14-10-36)32-29(34-30)37-11-15-42-16-12-37/h2-8,17-19H,9-16H2,1H3/b25-17-. The van der Waals surface area contributed by atoms with Crippen molar-refractivity contribution in [2.75, 3.05) is 67.4 Å². The van der Waals surface area contributed by atoms with E-state index in [2.05, 4.69) is 14.9 Å². The summed E-state index contributed by atoms with van der Waals surface area (Å²) in [7, 11) is 0. The highest BCUT2D eigenvalue weighted by molar-refractivity contribution is 6.33. The van der Waals surface area contributed by atoms with E-state index in [9.17, 15) is 4.79 Å². The molecule has 1 amide bonds. The topological polar surface area (TPSA) is 101 Å². The van der Waals surface area contributed by atoms with Crippen LogP contribution in [0.1, 0.15) is 12.5 Å². The van der Waals surface area contributed by atoms with Gasteiger partial charge in [-0.3, -0.25) is 9.36 Å². The van der Waals surface area contributed by atoms with Crippen LogP contribution in [-0.2, 0) is 14.3 Å². The zero-order valence-corrected chi connectivity index (χ0v) is 23.9. The molecule has 42 heavy (non-hydrogen) atoms. The molecule has 0 spiro atoms. The Hall–Kier alpha value is -4.32. The second kappa shape index (κ2) is 11.2. The molecule has 0 unspecified atom stereocenters. The summed E-state index contributed by atoms with van der Waals surface area (Å²) in [5.74, 6) is 1.54. The van der Waals surface area contributed by atoms with Crippen molar-refractivity contribution in [2.45, 2.75) is 6.92 Å². The van der Waals surface area contributed by atoms with E-state index in [-0.39, 0.29) is 5.91 Å². The summed E-state index contributed by atoms with van der Waals surface area (Å²) in [6, 6.07) is 15.1. The van der Waals surface area contributed by atoms with E-state index in [1.807, 2.05) is 54.1 Å². The SMILES string of the molecule is CC1=NN(c2cccc(Cl)c2)C(=O)/C1=C\c1cn(-c2nc(N3CCOCC3)nc(N3CCOCC3)n2)c2ccccc12. The third kappa shape index (κ3) is 5.00. The smallest absolute Gasteiger partial charge is 0.280 e. The van der Waals surface area contributed by atoms with Gasteiger partial charge in [-0.15, -0.1) is 0 Å². The van der Waals surface area contributed by atoms with Gasteiger partial charge in [0.25, 0.3) is 5.91 Å². The third-order valence-electron chi connectivity index (χ3n) is 7.56. The van der Waals surface area contributed by atoms with Crippen LogP contribution < -0.4 is 14.8 Å². The molecule has 3 aliphatic rings. The maximum absolute atomic E-state index is 13.5. The lowest BCUT2D eigenvalue weighted by Gasteiger charge is -2.30. The van der Waals surface area contributed by atoms with E-state index in [4.69, 9.17) is 36.0 Å². The predicted molar refractivity (Wildman–Crippen MR) is 163 cm³/mol. The van der Waals surface area contributed by atoms with Crippen LogP contribution in [0.25, 0.3) is 22.9 Å². The van der Waals surface area contributed by atoms with Gasteiger partial charge in [0.1, 0.15) is 0 Å². The number of anilines is 3. The third-order valence-corrected chi connectivity index (χ3v) is 7.80. The number of aromatic nitrogens is 4. The number of halogens is 1. The summed E-state index contributed by atoms with van der Waals surface area (Å²) in [5.41, 5.74) is 3.53. The van der Waals surface area contributed by atoms with E-state index < -0.39 is 0 Å². The average Bonchev–Trinajstić information content (AvgIpc) is 3.54. The lowest BCUT2D eigenvalue weighted by molar-refractivity contribution is -0.114. The van der Waals surface area contributed by atoms with Gasteiger partial charge >= 0.3 is 0 Å². The summed E-state index contributed by atoms with van der Waals surface area (Å²) in [6.07, 6.45) is 3.86. The second-order valence-corrected chi connectivity index (χ2v) is 10.7. The molecule has 2 saturated heterocycles. The molecule has 0 atom stereocenters. The molecule has 11 nitrogen and oxygen atoms in total. The normalized spacial score (nSPS) is 18.8. The summed E-state index contributed by atoms with van der Waals surface area (Å²) in [4.78, 5) is 32.5. The number of carbonyl (C=O) groups is 1. The number of nitrogens with zero attached hydrogens (tertiary/aromatic N) is 8. The first-order chi connectivity index (χ1) is 20.5. The number of para-hydroxylation sites is 1. The largest absolute Gasteiger partial charge is 0.378 e. The summed E-state index contributed by atoms with van der Waals surface area (Å²) >= 11 is 6.18. The molecule has 7 rings (SSSR count). The van der Waals surface area contributed by atoms with Crippen LogP contribution in [-0.4, -0.2) is 83.7 Å².